The van der Waals surface area contributed by atoms with Gasteiger partial charge in [-0.25, -0.2) is 0 Å². The van der Waals surface area contributed by atoms with Crippen LogP contribution in [0.1, 0.15) is 30.4 Å². The summed E-state index contributed by atoms with van der Waals surface area (Å²) < 4.78 is 0. The summed E-state index contributed by atoms with van der Waals surface area (Å²) in [6.07, 6.45) is 2.83. The molecule has 1 fully saturated rings. The van der Waals surface area contributed by atoms with Crippen LogP contribution < -0.4 is 5.73 Å². The maximum atomic E-state index is 12.3. The quantitative estimate of drug-likeness (QED) is 0.846. The largest absolute Gasteiger partial charge is 0.334 e. The highest BCUT2D eigenvalue weighted by Crippen LogP contribution is 2.30. The first-order chi connectivity index (χ1) is 8.24. The fourth-order valence-corrected chi connectivity index (χ4v) is 2.99. The minimum absolute atomic E-state index is 0. The SMILES string of the molecule is Cl.NC1CCC(C(=O)N2Cc3ccccc3C2)C1. The molecule has 2 atom stereocenters. The van der Waals surface area contributed by atoms with Gasteiger partial charge in [0, 0.05) is 25.0 Å². The highest BCUT2D eigenvalue weighted by molar-refractivity contribution is 5.85. The number of benzene rings is 1. The van der Waals surface area contributed by atoms with Crippen molar-refractivity contribution < 1.29 is 4.79 Å². The topological polar surface area (TPSA) is 46.3 Å². The van der Waals surface area contributed by atoms with Gasteiger partial charge in [-0.2, -0.15) is 0 Å². The molecule has 4 heteroatoms. The summed E-state index contributed by atoms with van der Waals surface area (Å²) in [5.41, 5.74) is 8.46. The van der Waals surface area contributed by atoms with Crippen molar-refractivity contribution in [3.05, 3.63) is 35.4 Å². The first-order valence-corrected chi connectivity index (χ1v) is 6.35. The predicted molar refractivity (Wildman–Crippen MR) is 73.3 cm³/mol. The van der Waals surface area contributed by atoms with Gasteiger partial charge in [0.15, 0.2) is 0 Å². The second kappa shape index (κ2) is 5.29. The average Bonchev–Trinajstić information content (AvgIpc) is 2.93. The lowest BCUT2D eigenvalue weighted by Gasteiger charge is -2.19. The molecule has 0 spiro atoms. The van der Waals surface area contributed by atoms with Crippen molar-refractivity contribution in [2.75, 3.05) is 0 Å². The van der Waals surface area contributed by atoms with Crippen molar-refractivity contribution in [3.8, 4) is 0 Å². The number of halogens is 1. The Hall–Kier alpha value is -1.06. The van der Waals surface area contributed by atoms with Crippen LogP contribution in [0, 0.1) is 5.92 Å². The van der Waals surface area contributed by atoms with Crippen LogP contribution in [0.15, 0.2) is 24.3 Å². The number of nitrogens with zero attached hydrogens (tertiary/aromatic N) is 1. The van der Waals surface area contributed by atoms with Gasteiger partial charge in [-0.05, 0) is 30.4 Å². The summed E-state index contributed by atoms with van der Waals surface area (Å²) >= 11 is 0. The minimum Gasteiger partial charge on any atom is -0.334 e. The van der Waals surface area contributed by atoms with E-state index in [9.17, 15) is 4.79 Å². The Kier molecular flexibility index (Phi) is 3.93. The molecule has 1 heterocycles. The van der Waals surface area contributed by atoms with Crippen LogP contribution >= 0.6 is 12.4 Å². The number of carbonyl (C=O) groups is 1. The summed E-state index contributed by atoms with van der Waals surface area (Å²) in [5, 5.41) is 0. The minimum atomic E-state index is 0. The molecule has 3 rings (SSSR count). The van der Waals surface area contributed by atoms with Crippen molar-refractivity contribution in [2.45, 2.75) is 38.4 Å². The molecule has 1 aliphatic carbocycles. The first kappa shape index (κ1) is 13.4. The lowest BCUT2D eigenvalue weighted by Crippen LogP contribution is -2.31. The van der Waals surface area contributed by atoms with Crippen LogP contribution in [-0.2, 0) is 17.9 Å². The van der Waals surface area contributed by atoms with E-state index in [-0.39, 0.29) is 24.4 Å². The molecule has 1 amide bonds. The van der Waals surface area contributed by atoms with E-state index in [4.69, 9.17) is 5.73 Å². The van der Waals surface area contributed by atoms with Crippen molar-refractivity contribution in [3.63, 3.8) is 0 Å². The Balaban J connectivity index is 0.00000120. The lowest BCUT2D eigenvalue weighted by molar-refractivity contribution is -0.136. The molecule has 0 radical (unpaired) electrons. The third kappa shape index (κ3) is 2.38. The van der Waals surface area contributed by atoms with Gasteiger partial charge in [0.1, 0.15) is 0 Å². The van der Waals surface area contributed by atoms with Crippen LogP contribution in [0.25, 0.3) is 0 Å². The second-order valence-electron chi connectivity index (χ2n) is 5.23. The molecule has 0 bridgehead atoms. The number of rotatable bonds is 1. The zero-order valence-electron chi connectivity index (χ0n) is 10.3. The highest BCUT2D eigenvalue weighted by Gasteiger charge is 2.33. The van der Waals surface area contributed by atoms with E-state index in [1.807, 2.05) is 17.0 Å². The number of fused-ring (bicyclic) bond motifs is 1. The van der Waals surface area contributed by atoms with Gasteiger partial charge in [0.25, 0.3) is 0 Å². The van der Waals surface area contributed by atoms with E-state index in [0.29, 0.717) is 5.91 Å². The summed E-state index contributed by atoms with van der Waals surface area (Å²) in [5.74, 6) is 0.466. The predicted octanol–water partition coefficient (Wildman–Crippen LogP) is 2.08. The molecule has 1 aromatic rings. The number of carbonyl (C=O) groups excluding carboxylic acids is 1. The first-order valence-electron chi connectivity index (χ1n) is 6.35. The number of hydrogen-bond acceptors (Lipinski definition) is 2. The van der Waals surface area contributed by atoms with Gasteiger partial charge in [0.2, 0.25) is 5.91 Å². The Morgan fingerprint density at radius 2 is 1.78 bits per heavy atom. The van der Waals surface area contributed by atoms with Gasteiger partial charge in [-0.3, -0.25) is 4.79 Å². The van der Waals surface area contributed by atoms with E-state index in [1.54, 1.807) is 0 Å². The van der Waals surface area contributed by atoms with Crippen LogP contribution in [0.2, 0.25) is 0 Å². The fourth-order valence-electron chi connectivity index (χ4n) is 2.99. The van der Waals surface area contributed by atoms with Crippen molar-refractivity contribution >= 4 is 18.3 Å². The number of hydrogen-bond donors (Lipinski definition) is 1. The molecule has 2 unspecified atom stereocenters. The maximum Gasteiger partial charge on any atom is 0.226 e. The zero-order chi connectivity index (χ0) is 11.8. The zero-order valence-corrected chi connectivity index (χ0v) is 11.2. The number of nitrogens with two attached hydrogens (primary N) is 1. The van der Waals surface area contributed by atoms with E-state index in [2.05, 4.69) is 12.1 Å². The summed E-state index contributed by atoms with van der Waals surface area (Å²) in [6, 6.07) is 8.54. The molecule has 0 aromatic heterocycles. The third-order valence-corrected chi connectivity index (χ3v) is 3.97. The normalized spacial score (nSPS) is 25.7. The third-order valence-electron chi connectivity index (χ3n) is 3.97. The molecule has 3 nitrogen and oxygen atoms in total. The second-order valence-corrected chi connectivity index (χ2v) is 5.23. The summed E-state index contributed by atoms with van der Waals surface area (Å²) in [4.78, 5) is 14.3. The van der Waals surface area contributed by atoms with Crippen LogP contribution in [0.3, 0.4) is 0 Å². The van der Waals surface area contributed by atoms with Gasteiger partial charge < -0.3 is 10.6 Å². The molecule has 1 saturated carbocycles. The van der Waals surface area contributed by atoms with E-state index < -0.39 is 0 Å². The highest BCUT2D eigenvalue weighted by atomic mass is 35.5. The van der Waals surface area contributed by atoms with E-state index in [0.717, 1.165) is 32.4 Å². The molecule has 1 aromatic carbocycles. The Labute approximate surface area is 114 Å². The Morgan fingerprint density at radius 3 is 2.28 bits per heavy atom. The molecule has 18 heavy (non-hydrogen) atoms. The molecule has 0 saturated heterocycles. The van der Waals surface area contributed by atoms with Gasteiger partial charge in [-0.15, -0.1) is 12.4 Å². The lowest BCUT2D eigenvalue weighted by atomic mass is 10.1. The van der Waals surface area contributed by atoms with Crippen LogP contribution in [-0.4, -0.2) is 16.8 Å². The molecular formula is C14H19ClN2O. The number of amides is 1. The smallest absolute Gasteiger partial charge is 0.226 e. The summed E-state index contributed by atoms with van der Waals surface area (Å²) in [7, 11) is 0. The Bertz CT molecular complexity index is 424. The molecule has 2 N–H and O–H groups in total. The Morgan fingerprint density at radius 1 is 1.17 bits per heavy atom. The van der Waals surface area contributed by atoms with Crippen LogP contribution in [0.5, 0.6) is 0 Å². The molecular weight excluding hydrogens is 248 g/mol. The summed E-state index contributed by atoms with van der Waals surface area (Å²) in [6.45, 7) is 1.56. The molecule has 2 aliphatic rings. The maximum absolute atomic E-state index is 12.3. The van der Waals surface area contributed by atoms with E-state index >= 15 is 0 Å². The fraction of sp³-hybridized carbons (Fsp3) is 0.500. The monoisotopic (exact) mass is 266 g/mol. The van der Waals surface area contributed by atoms with Crippen molar-refractivity contribution in [1.29, 1.82) is 0 Å². The van der Waals surface area contributed by atoms with Gasteiger partial charge >= 0.3 is 0 Å². The van der Waals surface area contributed by atoms with Crippen molar-refractivity contribution in [2.24, 2.45) is 11.7 Å². The van der Waals surface area contributed by atoms with Gasteiger partial charge in [-0.1, -0.05) is 24.3 Å². The van der Waals surface area contributed by atoms with Crippen molar-refractivity contribution in [1.82, 2.24) is 4.90 Å². The standard InChI is InChI=1S/C14H18N2O.ClH/c15-13-6-5-10(7-13)14(17)16-8-11-3-1-2-4-12(11)9-16;/h1-4,10,13H,5-9,15H2;1H. The average molecular weight is 267 g/mol. The van der Waals surface area contributed by atoms with Gasteiger partial charge in [0.05, 0.1) is 0 Å². The van der Waals surface area contributed by atoms with E-state index in [1.165, 1.54) is 11.1 Å². The molecule has 1 aliphatic heterocycles. The van der Waals surface area contributed by atoms with Crippen LogP contribution in [0.4, 0.5) is 0 Å². The molecule has 98 valence electrons.